The van der Waals surface area contributed by atoms with Crippen LogP contribution in [-0.4, -0.2) is 15.9 Å². The predicted octanol–water partition coefficient (Wildman–Crippen LogP) is 3.52. The molecule has 0 saturated carbocycles. The normalized spacial score (nSPS) is 14.2. The minimum atomic E-state index is -0.259. The summed E-state index contributed by atoms with van der Waals surface area (Å²) in [5, 5.41) is 0. The average Bonchev–Trinajstić information content (AvgIpc) is 2.93. The molecule has 3 aromatic rings. The lowest BCUT2D eigenvalue weighted by Crippen LogP contribution is -2.07. The quantitative estimate of drug-likeness (QED) is 0.804. The number of halogens is 1. The molecule has 1 aromatic carbocycles. The summed E-state index contributed by atoms with van der Waals surface area (Å²) in [6.07, 6.45) is 7.01. The second-order valence-corrected chi connectivity index (χ2v) is 6.21. The molecule has 0 bridgehead atoms. The summed E-state index contributed by atoms with van der Waals surface area (Å²) >= 11 is 0. The van der Waals surface area contributed by atoms with E-state index in [4.69, 9.17) is 10.7 Å². The van der Waals surface area contributed by atoms with Crippen LogP contribution in [-0.2, 0) is 19.3 Å². The van der Waals surface area contributed by atoms with E-state index in [0.29, 0.717) is 13.0 Å². The van der Waals surface area contributed by atoms with E-state index >= 15 is 0 Å². The zero-order valence-electron chi connectivity index (χ0n) is 13.1. The lowest BCUT2D eigenvalue weighted by Gasteiger charge is -2.16. The molecule has 3 nitrogen and oxygen atoms in total. The van der Waals surface area contributed by atoms with Crippen molar-refractivity contribution in [3.05, 3.63) is 59.2 Å². The van der Waals surface area contributed by atoms with E-state index in [2.05, 4.69) is 18.2 Å². The molecule has 4 heteroatoms. The summed E-state index contributed by atoms with van der Waals surface area (Å²) in [6, 6.07) is 9.79. The van der Waals surface area contributed by atoms with Crippen molar-refractivity contribution in [2.45, 2.75) is 32.1 Å². The first kappa shape index (κ1) is 14.4. The Morgan fingerprint density at radius 1 is 1.09 bits per heavy atom. The van der Waals surface area contributed by atoms with Crippen LogP contribution < -0.4 is 5.73 Å². The van der Waals surface area contributed by atoms with Gasteiger partial charge >= 0.3 is 0 Å². The van der Waals surface area contributed by atoms with Crippen molar-refractivity contribution >= 4 is 5.65 Å². The van der Waals surface area contributed by atoms with Gasteiger partial charge in [-0.15, -0.1) is 0 Å². The number of benzene rings is 1. The molecule has 0 spiro atoms. The number of rotatable bonds is 3. The molecule has 2 heterocycles. The molecule has 0 aliphatic heterocycles. The topological polar surface area (TPSA) is 43.3 Å². The summed E-state index contributed by atoms with van der Waals surface area (Å²) < 4.78 is 15.4. The number of imidazole rings is 1. The van der Waals surface area contributed by atoms with Crippen LogP contribution in [0.2, 0.25) is 0 Å². The van der Waals surface area contributed by atoms with Gasteiger partial charge in [-0.25, -0.2) is 9.37 Å². The van der Waals surface area contributed by atoms with Gasteiger partial charge in [-0.3, -0.25) is 0 Å². The molecule has 118 valence electrons. The lowest BCUT2D eigenvalue weighted by molar-refractivity contribution is 0.617. The van der Waals surface area contributed by atoms with Gasteiger partial charge in [0, 0.05) is 18.2 Å². The zero-order valence-corrected chi connectivity index (χ0v) is 13.1. The van der Waals surface area contributed by atoms with E-state index in [-0.39, 0.29) is 5.82 Å². The maximum absolute atomic E-state index is 13.6. The van der Waals surface area contributed by atoms with Gasteiger partial charge in [-0.05, 0) is 61.6 Å². The molecule has 0 radical (unpaired) electrons. The van der Waals surface area contributed by atoms with Crippen molar-refractivity contribution in [3.63, 3.8) is 0 Å². The molecule has 0 unspecified atom stereocenters. The number of nitrogens with zero attached hydrogens (tertiary/aromatic N) is 2. The minimum absolute atomic E-state index is 0.259. The Balaban J connectivity index is 1.89. The number of hydrogen-bond donors (Lipinski definition) is 1. The molecular weight excluding hydrogens is 289 g/mol. The van der Waals surface area contributed by atoms with Gasteiger partial charge in [0.2, 0.25) is 0 Å². The number of nitrogens with two attached hydrogens (primary N) is 1. The van der Waals surface area contributed by atoms with Gasteiger partial charge in [0.1, 0.15) is 11.5 Å². The number of aromatic nitrogens is 2. The summed E-state index contributed by atoms with van der Waals surface area (Å²) in [7, 11) is 0. The van der Waals surface area contributed by atoms with E-state index in [1.54, 1.807) is 6.07 Å². The maximum atomic E-state index is 13.6. The van der Waals surface area contributed by atoms with Crippen molar-refractivity contribution in [1.29, 1.82) is 0 Å². The Labute approximate surface area is 135 Å². The van der Waals surface area contributed by atoms with E-state index in [9.17, 15) is 4.39 Å². The van der Waals surface area contributed by atoms with Crippen molar-refractivity contribution in [3.8, 4) is 11.3 Å². The first-order valence-electron chi connectivity index (χ1n) is 8.25. The fourth-order valence-electron chi connectivity index (χ4n) is 3.55. The summed E-state index contributed by atoms with van der Waals surface area (Å²) in [4.78, 5) is 4.73. The highest BCUT2D eigenvalue weighted by Crippen LogP contribution is 2.30. The van der Waals surface area contributed by atoms with E-state index < -0.39 is 0 Å². The van der Waals surface area contributed by atoms with Gasteiger partial charge in [0.15, 0.2) is 0 Å². The van der Waals surface area contributed by atoms with Gasteiger partial charge in [-0.2, -0.15) is 0 Å². The SMILES string of the molecule is NCCc1c(-c2ccc3c(c2)CCCC3)nc2ccc(F)cn12. The van der Waals surface area contributed by atoms with Crippen LogP contribution >= 0.6 is 0 Å². The minimum Gasteiger partial charge on any atom is -0.330 e. The molecule has 2 N–H and O–H groups in total. The molecule has 2 aromatic heterocycles. The number of fused-ring (bicyclic) bond motifs is 2. The van der Waals surface area contributed by atoms with E-state index in [0.717, 1.165) is 29.0 Å². The summed E-state index contributed by atoms with van der Waals surface area (Å²) in [6.45, 7) is 0.516. The monoisotopic (exact) mass is 309 g/mol. The molecule has 0 amide bonds. The van der Waals surface area contributed by atoms with Gasteiger partial charge in [0.05, 0.1) is 11.4 Å². The molecule has 1 aliphatic carbocycles. The predicted molar refractivity (Wildman–Crippen MR) is 90.0 cm³/mol. The number of pyridine rings is 1. The standard InChI is InChI=1S/C19H20FN3/c20-16-7-8-18-22-19(17(9-10-21)23(18)12-16)15-6-5-13-3-1-2-4-14(13)11-15/h5-8,11-12H,1-4,9-10,21H2. The highest BCUT2D eigenvalue weighted by atomic mass is 19.1. The lowest BCUT2D eigenvalue weighted by atomic mass is 9.89. The Kier molecular flexibility index (Phi) is 3.62. The molecule has 23 heavy (non-hydrogen) atoms. The Bertz CT molecular complexity index is 866. The smallest absolute Gasteiger partial charge is 0.139 e. The van der Waals surface area contributed by atoms with Gasteiger partial charge < -0.3 is 10.1 Å². The van der Waals surface area contributed by atoms with Crippen LogP contribution in [0.15, 0.2) is 36.5 Å². The largest absolute Gasteiger partial charge is 0.330 e. The molecule has 1 aliphatic rings. The molecule has 4 rings (SSSR count). The second-order valence-electron chi connectivity index (χ2n) is 6.21. The van der Waals surface area contributed by atoms with Crippen LogP contribution in [0.5, 0.6) is 0 Å². The molecule has 0 fully saturated rings. The van der Waals surface area contributed by atoms with Crippen molar-refractivity contribution < 1.29 is 4.39 Å². The Morgan fingerprint density at radius 3 is 2.74 bits per heavy atom. The molecular formula is C19H20FN3. The van der Waals surface area contributed by atoms with Crippen molar-refractivity contribution in [2.75, 3.05) is 6.54 Å². The molecule has 0 atom stereocenters. The second kappa shape index (κ2) is 5.78. The number of aryl methyl sites for hydroxylation is 2. The van der Waals surface area contributed by atoms with Crippen LogP contribution in [0.3, 0.4) is 0 Å². The average molecular weight is 309 g/mol. The molecule has 0 saturated heterocycles. The van der Waals surface area contributed by atoms with Crippen LogP contribution in [0.1, 0.15) is 29.7 Å². The maximum Gasteiger partial charge on any atom is 0.139 e. The number of hydrogen-bond acceptors (Lipinski definition) is 2. The van der Waals surface area contributed by atoms with Crippen molar-refractivity contribution in [2.24, 2.45) is 5.73 Å². The van der Waals surface area contributed by atoms with E-state index in [1.165, 1.54) is 42.7 Å². The highest BCUT2D eigenvalue weighted by Gasteiger charge is 2.16. The van der Waals surface area contributed by atoms with Crippen LogP contribution in [0, 0.1) is 5.82 Å². The summed E-state index contributed by atoms with van der Waals surface area (Å²) in [5.41, 5.74) is 12.4. The fourth-order valence-corrected chi connectivity index (χ4v) is 3.55. The Hall–Kier alpha value is -2.20. The fraction of sp³-hybridized carbons (Fsp3) is 0.316. The van der Waals surface area contributed by atoms with Crippen LogP contribution in [0.25, 0.3) is 16.9 Å². The Morgan fingerprint density at radius 2 is 1.91 bits per heavy atom. The highest BCUT2D eigenvalue weighted by molar-refractivity contribution is 5.68. The first-order chi connectivity index (χ1) is 11.3. The van der Waals surface area contributed by atoms with Gasteiger partial charge in [-0.1, -0.05) is 12.1 Å². The van der Waals surface area contributed by atoms with Crippen LogP contribution in [0.4, 0.5) is 4.39 Å². The third-order valence-corrected chi connectivity index (χ3v) is 4.68. The van der Waals surface area contributed by atoms with E-state index in [1.807, 2.05) is 4.40 Å². The van der Waals surface area contributed by atoms with Crippen molar-refractivity contribution in [1.82, 2.24) is 9.38 Å². The summed E-state index contributed by atoms with van der Waals surface area (Å²) in [5.74, 6) is -0.259. The third kappa shape index (κ3) is 2.53. The first-order valence-corrected chi connectivity index (χ1v) is 8.25. The zero-order chi connectivity index (χ0) is 15.8. The third-order valence-electron chi connectivity index (χ3n) is 4.68. The van der Waals surface area contributed by atoms with Gasteiger partial charge in [0.25, 0.3) is 0 Å².